The third kappa shape index (κ3) is 8.15. The van der Waals surface area contributed by atoms with Crippen molar-refractivity contribution in [2.75, 3.05) is 47.2 Å². The molecular formula is C33H40N6O6S. The molecule has 4 aromatic rings. The number of hydrogen-bond donors (Lipinski definition) is 4. The molecule has 0 spiro atoms. The summed E-state index contributed by atoms with van der Waals surface area (Å²) in [6, 6.07) is 15.8. The minimum absolute atomic E-state index is 0.143. The number of nitrogens with one attached hydrogen (secondary N) is 4. The Labute approximate surface area is 269 Å². The molecule has 3 aromatic carbocycles. The van der Waals surface area contributed by atoms with Gasteiger partial charge < -0.3 is 30.2 Å². The van der Waals surface area contributed by atoms with Crippen LogP contribution in [0.25, 0.3) is 10.8 Å². The normalized spacial score (nSPS) is 15.0. The average molecular weight is 649 g/mol. The van der Waals surface area contributed by atoms with Gasteiger partial charge in [-0.15, -0.1) is 0 Å². The van der Waals surface area contributed by atoms with Crippen LogP contribution >= 0.6 is 0 Å². The third-order valence-electron chi connectivity index (χ3n) is 7.39. The SMILES string of the molecule is COc1c(NC(=O)Nc2ccc(Oc3cc(C)nc(NCC4CCCO4)n3)c3ccccc23)cc(C(C)(C)C)cc1NS(C)(=O)=O. The molecule has 0 saturated carbocycles. The van der Waals surface area contributed by atoms with E-state index in [0.29, 0.717) is 35.5 Å². The smallest absolute Gasteiger partial charge is 0.323 e. The summed E-state index contributed by atoms with van der Waals surface area (Å²) in [4.78, 5) is 22.4. The van der Waals surface area contributed by atoms with Gasteiger partial charge in [-0.1, -0.05) is 45.0 Å². The minimum atomic E-state index is -3.62. The molecule has 2 amide bonds. The first-order valence-corrected chi connectivity index (χ1v) is 16.9. The Kier molecular flexibility index (Phi) is 9.54. The molecule has 244 valence electrons. The summed E-state index contributed by atoms with van der Waals surface area (Å²) < 4.78 is 44.1. The van der Waals surface area contributed by atoms with Crippen LogP contribution in [0.4, 0.5) is 27.8 Å². The van der Waals surface area contributed by atoms with Gasteiger partial charge >= 0.3 is 6.03 Å². The third-order valence-corrected chi connectivity index (χ3v) is 7.98. The fourth-order valence-electron chi connectivity index (χ4n) is 5.19. The van der Waals surface area contributed by atoms with Gasteiger partial charge in [-0.3, -0.25) is 4.72 Å². The molecule has 1 aliphatic heterocycles. The lowest BCUT2D eigenvalue weighted by molar-refractivity contribution is 0.120. The maximum Gasteiger partial charge on any atom is 0.323 e. The lowest BCUT2D eigenvalue weighted by Gasteiger charge is -2.24. The fraction of sp³-hybridized carbons (Fsp3) is 0.364. The van der Waals surface area contributed by atoms with E-state index in [1.807, 2.05) is 52.0 Å². The second-order valence-corrected chi connectivity index (χ2v) is 14.0. The number of urea groups is 1. The predicted octanol–water partition coefficient (Wildman–Crippen LogP) is 6.64. The molecule has 46 heavy (non-hydrogen) atoms. The zero-order chi connectivity index (χ0) is 33.1. The van der Waals surface area contributed by atoms with Crippen molar-refractivity contribution in [2.45, 2.75) is 52.1 Å². The lowest BCUT2D eigenvalue weighted by atomic mass is 9.86. The van der Waals surface area contributed by atoms with Crippen LogP contribution in [0, 0.1) is 6.92 Å². The molecule has 12 nitrogen and oxygen atoms in total. The van der Waals surface area contributed by atoms with Crippen molar-refractivity contribution in [2.24, 2.45) is 0 Å². The van der Waals surface area contributed by atoms with E-state index in [1.54, 1.807) is 30.3 Å². The quantitative estimate of drug-likeness (QED) is 0.148. The number of benzene rings is 3. The molecule has 4 N–H and O–H groups in total. The topological polar surface area (TPSA) is 153 Å². The van der Waals surface area contributed by atoms with Crippen LogP contribution in [0.3, 0.4) is 0 Å². The largest absolute Gasteiger partial charge is 0.492 e. The van der Waals surface area contributed by atoms with Crippen molar-refractivity contribution < 1.29 is 27.4 Å². The molecule has 1 unspecified atom stereocenters. The standard InChI is InChI=1S/C33H40N6O6S/c1-20-16-29(38-31(35-20)34-19-22-10-9-15-44-22)45-28-14-13-25(23-11-7-8-12-24(23)28)36-32(40)37-26-17-21(33(2,3)4)18-27(30(26)43-5)39-46(6,41)42/h7-8,11-14,16-18,22,39H,9-10,15,19H2,1-6H3,(H,34,35,38)(H2,36,37,40). The van der Waals surface area contributed by atoms with Gasteiger partial charge in [0, 0.05) is 35.7 Å². The number of aromatic nitrogens is 2. The van der Waals surface area contributed by atoms with Crippen LogP contribution < -0.4 is 30.1 Å². The number of fused-ring (bicyclic) bond motifs is 1. The first-order chi connectivity index (χ1) is 21.8. The molecule has 5 rings (SSSR count). The van der Waals surface area contributed by atoms with Crippen LogP contribution in [-0.4, -0.2) is 57.0 Å². The van der Waals surface area contributed by atoms with E-state index in [9.17, 15) is 13.2 Å². The van der Waals surface area contributed by atoms with E-state index < -0.39 is 16.1 Å². The Morgan fingerprint density at radius 2 is 1.72 bits per heavy atom. The van der Waals surface area contributed by atoms with Gasteiger partial charge in [0.1, 0.15) is 5.75 Å². The number of methoxy groups -OCH3 is 1. The van der Waals surface area contributed by atoms with Gasteiger partial charge in [0.15, 0.2) is 5.75 Å². The van der Waals surface area contributed by atoms with Crippen molar-refractivity contribution >= 4 is 49.8 Å². The summed E-state index contributed by atoms with van der Waals surface area (Å²) in [5, 5.41) is 10.5. The molecular weight excluding hydrogens is 608 g/mol. The van der Waals surface area contributed by atoms with E-state index >= 15 is 0 Å². The first-order valence-electron chi connectivity index (χ1n) is 15.0. The summed E-state index contributed by atoms with van der Waals surface area (Å²) in [6.07, 6.45) is 3.26. The van der Waals surface area contributed by atoms with Crippen molar-refractivity contribution in [3.05, 3.63) is 65.9 Å². The van der Waals surface area contributed by atoms with E-state index in [0.717, 1.165) is 47.7 Å². The molecule has 1 aromatic heterocycles. The summed E-state index contributed by atoms with van der Waals surface area (Å²) in [7, 11) is -2.20. The number of anilines is 4. The molecule has 1 atom stereocenters. The van der Waals surface area contributed by atoms with Gasteiger partial charge in [0.25, 0.3) is 0 Å². The van der Waals surface area contributed by atoms with Crippen LogP contribution in [0.15, 0.2) is 54.6 Å². The van der Waals surface area contributed by atoms with Crippen molar-refractivity contribution in [1.29, 1.82) is 0 Å². The summed E-state index contributed by atoms with van der Waals surface area (Å²) in [6.45, 7) is 9.24. The summed E-state index contributed by atoms with van der Waals surface area (Å²) >= 11 is 0. The highest BCUT2D eigenvalue weighted by molar-refractivity contribution is 7.92. The zero-order valence-corrected chi connectivity index (χ0v) is 27.7. The molecule has 1 saturated heterocycles. The fourth-order valence-corrected chi connectivity index (χ4v) is 5.74. The maximum absolute atomic E-state index is 13.4. The zero-order valence-electron chi connectivity index (χ0n) is 26.9. The Morgan fingerprint density at radius 1 is 1.00 bits per heavy atom. The number of sulfonamides is 1. The lowest BCUT2D eigenvalue weighted by Crippen LogP contribution is -2.22. The number of nitrogens with zero attached hydrogens (tertiary/aromatic N) is 2. The molecule has 0 aliphatic carbocycles. The number of amides is 2. The van der Waals surface area contributed by atoms with Gasteiger partial charge in [0.2, 0.25) is 21.9 Å². The molecule has 1 fully saturated rings. The molecule has 0 bridgehead atoms. The highest BCUT2D eigenvalue weighted by Gasteiger charge is 2.23. The van der Waals surface area contributed by atoms with E-state index in [2.05, 4.69) is 30.6 Å². The van der Waals surface area contributed by atoms with Crippen LogP contribution in [0.2, 0.25) is 0 Å². The van der Waals surface area contributed by atoms with Crippen LogP contribution in [-0.2, 0) is 20.2 Å². The highest BCUT2D eigenvalue weighted by atomic mass is 32.2. The second kappa shape index (κ2) is 13.4. The number of carbonyl (C=O) groups excluding carboxylic acids is 1. The predicted molar refractivity (Wildman–Crippen MR) is 181 cm³/mol. The van der Waals surface area contributed by atoms with Gasteiger partial charge in [-0.2, -0.15) is 4.98 Å². The van der Waals surface area contributed by atoms with Crippen molar-refractivity contribution in [3.63, 3.8) is 0 Å². The minimum Gasteiger partial charge on any atom is -0.492 e. The Balaban J connectivity index is 1.39. The van der Waals surface area contributed by atoms with Crippen molar-refractivity contribution in [3.8, 4) is 17.4 Å². The monoisotopic (exact) mass is 648 g/mol. The van der Waals surface area contributed by atoms with Gasteiger partial charge in [-0.05, 0) is 55.0 Å². The maximum atomic E-state index is 13.4. The Hall–Kier alpha value is -4.62. The number of hydrogen-bond acceptors (Lipinski definition) is 9. The molecule has 2 heterocycles. The van der Waals surface area contributed by atoms with Crippen LogP contribution in [0.1, 0.15) is 44.9 Å². The van der Waals surface area contributed by atoms with E-state index in [-0.39, 0.29) is 23.0 Å². The van der Waals surface area contributed by atoms with E-state index in [1.165, 1.54) is 7.11 Å². The second-order valence-electron chi connectivity index (χ2n) is 12.3. The number of aryl methyl sites for hydroxylation is 1. The molecule has 1 aliphatic rings. The first kappa shape index (κ1) is 32.8. The van der Waals surface area contributed by atoms with Crippen molar-refractivity contribution in [1.82, 2.24) is 9.97 Å². The molecule has 13 heteroatoms. The van der Waals surface area contributed by atoms with Crippen LogP contribution in [0.5, 0.6) is 17.4 Å². The Morgan fingerprint density at radius 3 is 2.39 bits per heavy atom. The number of ether oxygens (including phenoxy) is 3. The number of rotatable bonds is 10. The van der Waals surface area contributed by atoms with Gasteiger partial charge in [0.05, 0.1) is 36.5 Å². The van der Waals surface area contributed by atoms with Gasteiger partial charge in [-0.25, -0.2) is 18.2 Å². The highest BCUT2D eigenvalue weighted by Crippen LogP contribution is 2.40. The Bertz CT molecular complexity index is 1850. The number of carbonyl (C=O) groups is 1. The summed E-state index contributed by atoms with van der Waals surface area (Å²) in [5.74, 6) is 1.59. The molecule has 0 radical (unpaired) electrons. The summed E-state index contributed by atoms with van der Waals surface area (Å²) in [5.41, 5.74) is 2.28. The van der Waals surface area contributed by atoms with E-state index in [4.69, 9.17) is 14.2 Å². The average Bonchev–Trinajstić information content (AvgIpc) is 3.50.